The lowest BCUT2D eigenvalue weighted by Crippen LogP contribution is -2.21. The van der Waals surface area contributed by atoms with Crippen LogP contribution in [-0.4, -0.2) is 16.6 Å². The average molecular weight is 264 g/mol. The van der Waals surface area contributed by atoms with Crippen molar-refractivity contribution in [3.63, 3.8) is 0 Å². The van der Waals surface area contributed by atoms with Crippen molar-refractivity contribution in [2.45, 2.75) is 19.3 Å². The highest BCUT2D eigenvalue weighted by atomic mass is 19.1. The molecule has 1 unspecified atom stereocenters. The maximum Gasteiger partial charge on any atom is 0.190 e. The van der Waals surface area contributed by atoms with Gasteiger partial charge in [-0.15, -0.1) is 0 Å². The van der Waals surface area contributed by atoms with Gasteiger partial charge in [-0.05, 0) is 37.3 Å². The van der Waals surface area contributed by atoms with E-state index in [4.69, 9.17) is 4.74 Å². The minimum Gasteiger partial charge on any atom is -0.487 e. The standard InChI is InChI=1S/C14H14F2N2O/c15-10-2-1-3-11(16)14(10)19-7-9-4-5-12-13(6-9)18-8-17-12/h1-3,8-9H,4-7H2,(H,17,18). The molecule has 1 N–H and O–H groups in total. The summed E-state index contributed by atoms with van der Waals surface area (Å²) in [6, 6.07) is 3.73. The first-order valence-electron chi connectivity index (χ1n) is 6.32. The van der Waals surface area contributed by atoms with Crippen molar-refractivity contribution in [2.24, 2.45) is 5.92 Å². The van der Waals surface area contributed by atoms with Crippen LogP contribution in [-0.2, 0) is 12.8 Å². The Morgan fingerprint density at radius 2 is 2.11 bits per heavy atom. The summed E-state index contributed by atoms with van der Waals surface area (Å²) in [7, 11) is 0. The van der Waals surface area contributed by atoms with Crippen molar-refractivity contribution in [3.05, 3.63) is 47.5 Å². The lowest BCUT2D eigenvalue weighted by atomic mass is 9.90. The van der Waals surface area contributed by atoms with Gasteiger partial charge in [0.05, 0.1) is 18.6 Å². The Morgan fingerprint density at radius 1 is 1.32 bits per heavy atom. The molecule has 1 aliphatic rings. The number of H-pyrrole nitrogens is 1. The molecule has 19 heavy (non-hydrogen) atoms. The average Bonchev–Trinajstić information content (AvgIpc) is 2.85. The molecule has 1 aromatic heterocycles. The third-order valence-electron chi connectivity index (χ3n) is 3.47. The number of hydrogen-bond acceptors (Lipinski definition) is 2. The molecule has 1 atom stereocenters. The molecule has 2 aromatic rings. The zero-order valence-electron chi connectivity index (χ0n) is 10.3. The first kappa shape index (κ1) is 12.1. The van der Waals surface area contributed by atoms with E-state index < -0.39 is 11.6 Å². The molecule has 0 aliphatic heterocycles. The number of aryl methyl sites for hydroxylation is 1. The quantitative estimate of drug-likeness (QED) is 0.925. The highest BCUT2D eigenvalue weighted by Gasteiger charge is 2.22. The smallest absolute Gasteiger partial charge is 0.190 e. The Balaban J connectivity index is 1.65. The molecule has 0 saturated heterocycles. The van der Waals surface area contributed by atoms with Crippen LogP contribution in [0, 0.1) is 17.6 Å². The predicted molar refractivity (Wildman–Crippen MR) is 66.0 cm³/mol. The van der Waals surface area contributed by atoms with Crippen LogP contribution in [0.1, 0.15) is 17.8 Å². The Morgan fingerprint density at radius 3 is 2.89 bits per heavy atom. The zero-order chi connectivity index (χ0) is 13.2. The lowest BCUT2D eigenvalue weighted by molar-refractivity contribution is 0.215. The van der Waals surface area contributed by atoms with Gasteiger partial charge in [0.1, 0.15) is 0 Å². The molecule has 3 rings (SSSR count). The summed E-state index contributed by atoms with van der Waals surface area (Å²) in [5.41, 5.74) is 2.20. The second kappa shape index (κ2) is 4.99. The molecular weight excluding hydrogens is 250 g/mol. The second-order valence-electron chi connectivity index (χ2n) is 4.80. The molecule has 0 amide bonds. The van der Waals surface area contributed by atoms with Gasteiger partial charge < -0.3 is 9.72 Å². The maximum absolute atomic E-state index is 13.4. The van der Waals surface area contributed by atoms with E-state index in [9.17, 15) is 8.78 Å². The van der Waals surface area contributed by atoms with Crippen LogP contribution in [0.15, 0.2) is 24.5 Å². The largest absolute Gasteiger partial charge is 0.487 e. The summed E-state index contributed by atoms with van der Waals surface area (Å²) >= 11 is 0. The van der Waals surface area contributed by atoms with Gasteiger partial charge in [-0.1, -0.05) is 6.07 Å². The zero-order valence-corrected chi connectivity index (χ0v) is 10.3. The van der Waals surface area contributed by atoms with E-state index in [2.05, 4.69) is 9.97 Å². The van der Waals surface area contributed by atoms with E-state index in [0.717, 1.165) is 30.7 Å². The highest BCUT2D eigenvalue weighted by molar-refractivity contribution is 5.26. The van der Waals surface area contributed by atoms with Crippen molar-refractivity contribution < 1.29 is 13.5 Å². The van der Waals surface area contributed by atoms with Crippen molar-refractivity contribution in [1.82, 2.24) is 9.97 Å². The predicted octanol–water partition coefficient (Wildman–Crippen LogP) is 2.87. The van der Waals surface area contributed by atoms with Gasteiger partial charge in [0.25, 0.3) is 0 Å². The molecule has 0 radical (unpaired) electrons. The Bertz CT molecular complexity index is 562. The van der Waals surface area contributed by atoms with E-state index in [1.165, 1.54) is 18.2 Å². The SMILES string of the molecule is Fc1cccc(F)c1OCC1CCc2nc[nH]c2C1. The summed E-state index contributed by atoms with van der Waals surface area (Å²) < 4.78 is 32.1. The lowest BCUT2D eigenvalue weighted by Gasteiger charge is -2.21. The topological polar surface area (TPSA) is 37.9 Å². The fraction of sp³-hybridized carbons (Fsp3) is 0.357. The maximum atomic E-state index is 13.4. The number of ether oxygens (including phenoxy) is 1. The van der Waals surface area contributed by atoms with E-state index >= 15 is 0 Å². The van der Waals surface area contributed by atoms with Crippen LogP contribution in [0.4, 0.5) is 8.78 Å². The second-order valence-corrected chi connectivity index (χ2v) is 4.80. The van der Waals surface area contributed by atoms with Gasteiger partial charge in [0, 0.05) is 5.69 Å². The molecule has 5 heteroatoms. The van der Waals surface area contributed by atoms with Gasteiger partial charge in [0.15, 0.2) is 17.4 Å². The van der Waals surface area contributed by atoms with Gasteiger partial charge in [-0.2, -0.15) is 0 Å². The first-order chi connectivity index (χ1) is 9.24. The van der Waals surface area contributed by atoms with Crippen molar-refractivity contribution >= 4 is 0 Å². The van der Waals surface area contributed by atoms with Crippen LogP contribution in [0.25, 0.3) is 0 Å². The van der Waals surface area contributed by atoms with Crippen molar-refractivity contribution in [1.29, 1.82) is 0 Å². The number of para-hydroxylation sites is 1. The number of hydrogen-bond donors (Lipinski definition) is 1. The molecule has 1 aliphatic carbocycles. The number of fused-ring (bicyclic) bond motifs is 1. The minimum atomic E-state index is -0.655. The molecule has 0 fully saturated rings. The van der Waals surface area contributed by atoms with Crippen molar-refractivity contribution in [2.75, 3.05) is 6.61 Å². The number of imidazole rings is 1. The molecule has 0 spiro atoms. The number of halogens is 2. The van der Waals surface area contributed by atoms with E-state index in [1.54, 1.807) is 6.33 Å². The van der Waals surface area contributed by atoms with E-state index in [0.29, 0.717) is 6.61 Å². The molecule has 3 nitrogen and oxygen atoms in total. The van der Waals surface area contributed by atoms with Gasteiger partial charge in [-0.25, -0.2) is 13.8 Å². The monoisotopic (exact) mass is 264 g/mol. The Hall–Kier alpha value is -1.91. The minimum absolute atomic E-state index is 0.256. The summed E-state index contributed by atoms with van der Waals surface area (Å²) in [5, 5.41) is 0. The van der Waals surface area contributed by atoms with Crippen LogP contribution in [0.5, 0.6) is 5.75 Å². The van der Waals surface area contributed by atoms with Crippen LogP contribution < -0.4 is 4.74 Å². The molecule has 100 valence electrons. The van der Waals surface area contributed by atoms with E-state index in [1.807, 2.05) is 0 Å². The number of aromatic amines is 1. The van der Waals surface area contributed by atoms with Crippen LogP contribution >= 0.6 is 0 Å². The number of benzene rings is 1. The summed E-state index contributed by atoms with van der Waals surface area (Å²) in [6.07, 6.45) is 4.30. The summed E-state index contributed by atoms with van der Waals surface area (Å²) in [6.45, 7) is 0.316. The fourth-order valence-corrected chi connectivity index (χ4v) is 2.44. The third-order valence-corrected chi connectivity index (χ3v) is 3.47. The van der Waals surface area contributed by atoms with Crippen LogP contribution in [0.2, 0.25) is 0 Å². The van der Waals surface area contributed by atoms with Gasteiger partial charge in [-0.3, -0.25) is 0 Å². The van der Waals surface area contributed by atoms with Crippen LogP contribution in [0.3, 0.4) is 0 Å². The first-order valence-corrected chi connectivity index (χ1v) is 6.32. The number of nitrogens with zero attached hydrogens (tertiary/aromatic N) is 1. The normalized spacial score (nSPS) is 18.1. The number of nitrogens with one attached hydrogen (secondary N) is 1. The van der Waals surface area contributed by atoms with Gasteiger partial charge >= 0.3 is 0 Å². The number of rotatable bonds is 3. The molecule has 1 aromatic carbocycles. The van der Waals surface area contributed by atoms with E-state index in [-0.39, 0.29) is 11.7 Å². The summed E-state index contributed by atoms with van der Waals surface area (Å²) in [4.78, 5) is 7.32. The van der Waals surface area contributed by atoms with Gasteiger partial charge in [0.2, 0.25) is 0 Å². The fourth-order valence-electron chi connectivity index (χ4n) is 2.44. The molecular formula is C14H14F2N2O. The third kappa shape index (κ3) is 2.45. The highest BCUT2D eigenvalue weighted by Crippen LogP contribution is 2.26. The molecule has 1 heterocycles. The van der Waals surface area contributed by atoms with Crippen molar-refractivity contribution in [3.8, 4) is 5.75 Å². The number of aromatic nitrogens is 2. The Labute approximate surface area is 109 Å². The molecule has 0 saturated carbocycles. The summed E-state index contributed by atoms with van der Waals surface area (Å²) in [5.74, 6) is -1.33. The Kier molecular flexibility index (Phi) is 3.19. The molecule has 0 bridgehead atoms.